The van der Waals surface area contributed by atoms with Gasteiger partial charge >= 0.3 is 0 Å². The summed E-state index contributed by atoms with van der Waals surface area (Å²) in [5.41, 5.74) is 12.1. The van der Waals surface area contributed by atoms with Crippen LogP contribution in [0.5, 0.6) is 5.75 Å². The van der Waals surface area contributed by atoms with Crippen LogP contribution in [0.3, 0.4) is 0 Å². The molecule has 5 heteroatoms. The molecule has 0 fully saturated rings. The van der Waals surface area contributed by atoms with E-state index in [1.54, 1.807) is 30.5 Å². The van der Waals surface area contributed by atoms with Gasteiger partial charge in [-0.15, -0.1) is 29.3 Å². The number of fused-ring (bicyclic) bond motifs is 1. The summed E-state index contributed by atoms with van der Waals surface area (Å²) in [5, 5.41) is 12.2. The zero-order valence-corrected chi connectivity index (χ0v) is 36.7. The van der Waals surface area contributed by atoms with Crippen LogP contribution in [-0.4, -0.2) is 19.6 Å². The van der Waals surface area contributed by atoms with Crippen LogP contribution in [-0.2, 0) is 26.5 Å². The summed E-state index contributed by atoms with van der Waals surface area (Å²) in [4.78, 5) is 10.3. The van der Waals surface area contributed by atoms with E-state index in [-0.39, 0.29) is 55.2 Å². The number of pyridine rings is 1. The first-order chi connectivity index (χ1) is 30.2. The largest absolute Gasteiger partial charge is 0.507 e. The van der Waals surface area contributed by atoms with Crippen LogP contribution in [0.2, 0.25) is 0 Å². The van der Waals surface area contributed by atoms with E-state index in [1.165, 1.54) is 0 Å². The molecule has 0 unspecified atom stereocenters. The van der Waals surface area contributed by atoms with Gasteiger partial charge in [0, 0.05) is 46.9 Å². The Kier molecular flexibility index (Phi) is 9.65. The first-order valence-electron chi connectivity index (χ1n) is 22.9. The van der Waals surface area contributed by atoms with E-state index in [0.29, 0.717) is 28.3 Å². The fourth-order valence-corrected chi connectivity index (χ4v) is 7.63. The van der Waals surface area contributed by atoms with Crippen molar-refractivity contribution in [1.82, 2.24) is 14.5 Å². The molecule has 59 heavy (non-hydrogen) atoms. The van der Waals surface area contributed by atoms with Crippen molar-refractivity contribution >= 4 is 11.0 Å². The van der Waals surface area contributed by atoms with Crippen LogP contribution < -0.4 is 0 Å². The monoisotopic (exact) mass is 959 g/mol. The van der Waals surface area contributed by atoms with Crippen molar-refractivity contribution in [3.8, 4) is 67.5 Å². The minimum absolute atomic E-state index is 0. The van der Waals surface area contributed by atoms with Gasteiger partial charge in [0.05, 0.1) is 16.6 Å². The smallest absolute Gasteiger partial charge is 0.148 e. The molecule has 2 heterocycles. The van der Waals surface area contributed by atoms with Crippen molar-refractivity contribution in [2.75, 3.05) is 0 Å². The molecule has 0 radical (unpaired) electrons. The molecule has 0 spiro atoms. The molecule has 0 aliphatic heterocycles. The standard InChI is InChI=1S/C54H52N3O.Pt/c1-33(2)40-30-47(34(3)4)52(58)48(31-40)53-56-51-46(16-13-17-50(51)57(53)45-25-36(6)24-41(29-45)37-14-11-10-12-15-37)42-26-43(28-44(27-42)54(7,8)9)49-32-39(22-23-55-49)38-20-18-35(5)19-21-38;/h10-25,27-34,58H,1-9H3;/q-1;/i5D3,6D3;. The van der Waals surface area contributed by atoms with Crippen LogP contribution >= 0.6 is 0 Å². The summed E-state index contributed by atoms with van der Waals surface area (Å²) in [6, 6.07) is 44.1. The number of aromatic hydroxyl groups is 1. The van der Waals surface area contributed by atoms with Gasteiger partial charge in [0.25, 0.3) is 0 Å². The van der Waals surface area contributed by atoms with Crippen molar-refractivity contribution in [3.63, 3.8) is 0 Å². The number of aryl methyl sites for hydroxylation is 2. The number of nitrogens with zero attached hydrogens (tertiary/aromatic N) is 3. The molecule has 4 nitrogen and oxygen atoms in total. The topological polar surface area (TPSA) is 50.9 Å². The molecule has 0 amide bonds. The number of imidazole rings is 1. The fraction of sp³-hybridized carbons (Fsp3) is 0.222. The van der Waals surface area contributed by atoms with E-state index in [4.69, 9.17) is 18.2 Å². The molecule has 6 aromatic carbocycles. The minimum atomic E-state index is -2.41. The third-order valence-electron chi connectivity index (χ3n) is 10.9. The van der Waals surface area contributed by atoms with Gasteiger partial charge in [-0.3, -0.25) is 9.55 Å². The Balaban J connectivity index is 0.00000630. The van der Waals surface area contributed by atoms with Gasteiger partial charge in [-0.1, -0.05) is 150 Å². The van der Waals surface area contributed by atoms with Gasteiger partial charge in [-0.05, 0) is 100 Å². The number of hydrogen-bond acceptors (Lipinski definition) is 3. The molecule has 0 aliphatic rings. The molecule has 0 aliphatic carbocycles. The number of hydrogen-bond donors (Lipinski definition) is 1. The number of phenols is 1. The van der Waals surface area contributed by atoms with Crippen LogP contribution in [0.1, 0.15) is 96.3 Å². The molecule has 0 bridgehead atoms. The SMILES string of the molecule is [2H]C([2H])([2H])c1ccc(-c2ccnc(-c3[c-]c(-c4cccc5c4nc(-c4cc(C(C)C)cc(C(C)C)c4O)n5-c4cc(-c5ccccc5)cc(C([2H])([2H])[2H])c4)cc(C(C)(C)C)c3)c2)cc1.[Pt]. The van der Waals surface area contributed by atoms with E-state index in [2.05, 4.69) is 72.7 Å². The number of aromatic nitrogens is 3. The quantitative estimate of drug-likeness (QED) is 0.154. The average Bonchev–Trinajstić information content (AvgIpc) is 3.65. The third-order valence-corrected chi connectivity index (χ3v) is 10.9. The second-order valence-corrected chi connectivity index (χ2v) is 16.8. The molecule has 0 saturated carbocycles. The maximum Gasteiger partial charge on any atom is 0.148 e. The maximum atomic E-state index is 12.2. The average molecular weight is 960 g/mol. The Labute approximate surface area is 372 Å². The number of benzene rings is 6. The Morgan fingerprint density at radius 2 is 1.39 bits per heavy atom. The summed E-state index contributed by atoms with van der Waals surface area (Å²) in [6.45, 7) is 10.3. The van der Waals surface area contributed by atoms with Gasteiger partial charge in [0.2, 0.25) is 0 Å². The number of phenolic OH excluding ortho intramolecular Hbond substituents is 1. The van der Waals surface area contributed by atoms with Gasteiger partial charge in [-0.2, -0.15) is 0 Å². The zero-order valence-electron chi connectivity index (χ0n) is 40.5. The summed E-state index contributed by atoms with van der Waals surface area (Å²) < 4.78 is 51.1. The normalized spacial score (nSPS) is 13.6. The van der Waals surface area contributed by atoms with E-state index in [1.807, 2.05) is 89.5 Å². The Bertz CT molecular complexity index is 3020. The Hall–Kier alpha value is -5.57. The van der Waals surface area contributed by atoms with Crippen molar-refractivity contribution in [1.29, 1.82) is 0 Å². The van der Waals surface area contributed by atoms with Crippen LogP contribution in [0.15, 0.2) is 134 Å². The van der Waals surface area contributed by atoms with E-state index in [0.717, 1.165) is 61.2 Å². The summed E-state index contributed by atoms with van der Waals surface area (Å²) in [5.74, 6) is 0.790. The predicted octanol–water partition coefficient (Wildman–Crippen LogP) is 14.4. The van der Waals surface area contributed by atoms with Gasteiger partial charge in [0.1, 0.15) is 11.6 Å². The molecule has 1 N–H and O–H groups in total. The summed E-state index contributed by atoms with van der Waals surface area (Å²) >= 11 is 0. The molecular formula is C54H52N3OPt-. The maximum absolute atomic E-state index is 12.2. The van der Waals surface area contributed by atoms with E-state index < -0.39 is 13.7 Å². The third kappa shape index (κ3) is 8.34. The summed E-state index contributed by atoms with van der Waals surface area (Å²) in [7, 11) is 0. The Morgan fingerprint density at radius 1 is 0.661 bits per heavy atom. The fourth-order valence-electron chi connectivity index (χ4n) is 7.63. The van der Waals surface area contributed by atoms with Crippen LogP contribution in [0, 0.1) is 19.8 Å². The van der Waals surface area contributed by atoms with Gasteiger partial charge in [-0.25, -0.2) is 4.98 Å². The molecular weight excluding hydrogens is 902 g/mol. The molecule has 8 aromatic rings. The van der Waals surface area contributed by atoms with Crippen molar-refractivity contribution in [3.05, 3.63) is 167 Å². The van der Waals surface area contributed by atoms with Crippen molar-refractivity contribution in [2.24, 2.45) is 0 Å². The second kappa shape index (κ2) is 16.6. The number of para-hydroxylation sites is 1. The second-order valence-electron chi connectivity index (χ2n) is 16.8. The molecule has 0 saturated heterocycles. The first-order valence-corrected chi connectivity index (χ1v) is 19.9. The zero-order chi connectivity index (χ0) is 45.9. The number of rotatable bonds is 8. The van der Waals surface area contributed by atoms with E-state index >= 15 is 0 Å². The van der Waals surface area contributed by atoms with Crippen LogP contribution in [0.25, 0.3) is 72.7 Å². The van der Waals surface area contributed by atoms with Crippen LogP contribution in [0.4, 0.5) is 0 Å². The molecule has 2 aromatic heterocycles. The van der Waals surface area contributed by atoms with Crippen molar-refractivity contribution in [2.45, 2.75) is 79.4 Å². The molecule has 8 rings (SSSR count). The molecule has 0 atom stereocenters. The van der Waals surface area contributed by atoms with Crippen molar-refractivity contribution < 1.29 is 34.4 Å². The minimum Gasteiger partial charge on any atom is -0.507 e. The first kappa shape index (κ1) is 34.3. The summed E-state index contributed by atoms with van der Waals surface area (Å²) in [6.07, 6.45) is 1.76. The van der Waals surface area contributed by atoms with Gasteiger partial charge in [0.15, 0.2) is 0 Å². The predicted molar refractivity (Wildman–Crippen MR) is 243 cm³/mol. The molecule has 300 valence electrons. The van der Waals surface area contributed by atoms with E-state index in [9.17, 15) is 5.11 Å². The van der Waals surface area contributed by atoms with Gasteiger partial charge < -0.3 is 5.11 Å². The Morgan fingerprint density at radius 3 is 2.08 bits per heavy atom.